The predicted molar refractivity (Wildman–Crippen MR) is 109 cm³/mol. The third-order valence-corrected chi connectivity index (χ3v) is 6.49. The smallest absolute Gasteiger partial charge is 0.216 e. The van der Waals surface area contributed by atoms with Gasteiger partial charge in [0.1, 0.15) is 11.6 Å². The van der Waals surface area contributed by atoms with Crippen molar-refractivity contribution >= 4 is 10.0 Å². The van der Waals surface area contributed by atoms with E-state index in [0.717, 1.165) is 55.3 Å². The van der Waals surface area contributed by atoms with Crippen LogP contribution in [0.5, 0.6) is 0 Å². The number of nitrogens with one attached hydrogen (secondary N) is 1. The van der Waals surface area contributed by atoms with E-state index in [2.05, 4.69) is 14.8 Å². The third-order valence-electron chi connectivity index (χ3n) is 5.21. The molecule has 0 atom stereocenters. The van der Waals surface area contributed by atoms with Gasteiger partial charge < -0.3 is 0 Å². The fourth-order valence-electron chi connectivity index (χ4n) is 3.76. The summed E-state index contributed by atoms with van der Waals surface area (Å²) >= 11 is 0. The Balaban J connectivity index is 1.53. The lowest BCUT2D eigenvalue weighted by Crippen LogP contribution is -2.25. The van der Waals surface area contributed by atoms with Gasteiger partial charge in [-0.1, -0.05) is 18.9 Å². The Hall–Kier alpha value is -2.65. The number of hydrogen-bond donors (Lipinski definition) is 1. The van der Waals surface area contributed by atoms with Crippen LogP contribution in [0.2, 0.25) is 0 Å². The first-order chi connectivity index (χ1) is 14.4. The number of rotatable bonds is 7. The van der Waals surface area contributed by atoms with Crippen LogP contribution in [-0.2, 0) is 22.3 Å². The SMILES string of the molecule is O=S(=O)(Cc1cc(F)ccc1F)NCc1cc(-c2ccccn2)n(C2CCCC2)n1. The molecule has 0 amide bonds. The Bertz CT molecular complexity index is 1130. The van der Waals surface area contributed by atoms with Crippen molar-refractivity contribution in [1.29, 1.82) is 0 Å². The maximum atomic E-state index is 13.8. The first kappa shape index (κ1) is 20.6. The average Bonchev–Trinajstić information content (AvgIpc) is 3.39. The summed E-state index contributed by atoms with van der Waals surface area (Å²) in [4.78, 5) is 4.40. The van der Waals surface area contributed by atoms with Crippen molar-refractivity contribution in [3.63, 3.8) is 0 Å². The molecular formula is C21H22F2N4O2S. The molecule has 0 spiro atoms. The zero-order valence-corrected chi connectivity index (χ0v) is 17.1. The molecule has 0 radical (unpaired) electrons. The van der Waals surface area contributed by atoms with Gasteiger partial charge in [0.2, 0.25) is 10.0 Å². The molecule has 1 saturated carbocycles. The largest absolute Gasteiger partial charge is 0.260 e. The van der Waals surface area contributed by atoms with Crippen LogP contribution in [0.3, 0.4) is 0 Å². The van der Waals surface area contributed by atoms with Gasteiger partial charge in [0.05, 0.1) is 35.4 Å². The fourth-order valence-corrected chi connectivity index (χ4v) is 4.86. The summed E-state index contributed by atoms with van der Waals surface area (Å²) in [6, 6.07) is 10.5. The Labute approximate surface area is 174 Å². The summed E-state index contributed by atoms with van der Waals surface area (Å²) < 4.78 is 56.3. The standard InChI is InChI=1S/C21H22F2N4O2S/c22-16-8-9-19(23)15(11-16)14-30(28,29)25-13-17-12-21(20-7-3-4-10-24-20)27(26-17)18-5-1-2-6-18/h3-4,7-12,18,25H,1-2,5-6,13-14H2. The van der Waals surface area contributed by atoms with Crippen LogP contribution in [0.1, 0.15) is 43.0 Å². The Kier molecular flexibility index (Phi) is 5.92. The molecule has 1 N–H and O–H groups in total. The fraction of sp³-hybridized carbons (Fsp3) is 0.333. The van der Waals surface area contributed by atoms with Crippen molar-refractivity contribution in [1.82, 2.24) is 19.5 Å². The summed E-state index contributed by atoms with van der Waals surface area (Å²) in [5, 5.41) is 4.63. The quantitative estimate of drug-likeness (QED) is 0.613. The van der Waals surface area contributed by atoms with Crippen molar-refractivity contribution in [3.05, 3.63) is 71.6 Å². The van der Waals surface area contributed by atoms with Crippen molar-refractivity contribution in [2.45, 2.75) is 44.0 Å². The van der Waals surface area contributed by atoms with Gasteiger partial charge in [-0.3, -0.25) is 9.67 Å². The molecule has 0 unspecified atom stereocenters. The van der Waals surface area contributed by atoms with Crippen molar-refractivity contribution in [3.8, 4) is 11.4 Å². The minimum atomic E-state index is -3.88. The van der Waals surface area contributed by atoms with Gasteiger partial charge >= 0.3 is 0 Å². The molecule has 158 valence electrons. The van der Waals surface area contributed by atoms with Gasteiger partial charge in [-0.2, -0.15) is 5.10 Å². The minimum Gasteiger partial charge on any atom is -0.260 e. The lowest BCUT2D eigenvalue weighted by Gasteiger charge is -2.13. The van der Waals surface area contributed by atoms with E-state index < -0.39 is 27.4 Å². The lowest BCUT2D eigenvalue weighted by atomic mass is 10.2. The van der Waals surface area contributed by atoms with E-state index >= 15 is 0 Å². The normalized spacial score (nSPS) is 15.0. The van der Waals surface area contributed by atoms with Crippen LogP contribution < -0.4 is 4.72 Å². The summed E-state index contributed by atoms with van der Waals surface area (Å²) in [5.74, 6) is -2.09. The van der Waals surface area contributed by atoms with Crippen LogP contribution >= 0.6 is 0 Å². The number of halogens is 2. The molecule has 1 aliphatic carbocycles. The summed E-state index contributed by atoms with van der Waals surface area (Å²) in [7, 11) is -3.88. The molecule has 0 saturated heterocycles. The van der Waals surface area contributed by atoms with E-state index in [4.69, 9.17) is 0 Å². The highest BCUT2D eigenvalue weighted by Crippen LogP contribution is 2.33. The van der Waals surface area contributed by atoms with Crippen molar-refractivity contribution < 1.29 is 17.2 Å². The van der Waals surface area contributed by atoms with Crippen LogP contribution in [0.4, 0.5) is 8.78 Å². The molecule has 3 aromatic rings. The molecule has 1 aliphatic rings. The van der Waals surface area contributed by atoms with Gasteiger partial charge in [-0.05, 0) is 49.2 Å². The van der Waals surface area contributed by atoms with Crippen LogP contribution in [0.25, 0.3) is 11.4 Å². The maximum absolute atomic E-state index is 13.8. The summed E-state index contributed by atoms with van der Waals surface area (Å²) in [6.07, 6.45) is 6.01. The minimum absolute atomic E-state index is 0.0428. The molecule has 30 heavy (non-hydrogen) atoms. The van der Waals surface area contributed by atoms with Gasteiger partial charge in [0.25, 0.3) is 0 Å². The second-order valence-corrected chi connectivity index (χ2v) is 9.24. The Morgan fingerprint density at radius 1 is 1.10 bits per heavy atom. The summed E-state index contributed by atoms with van der Waals surface area (Å²) in [5.41, 5.74) is 1.94. The number of hydrogen-bond acceptors (Lipinski definition) is 4. The van der Waals surface area contributed by atoms with Crippen LogP contribution in [0, 0.1) is 11.6 Å². The van der Waals surface area contributed by atoms with Crippen molar-refractivity contribution in [2.75, 3.05) is 0 Å². The highest BCUT2D eigenvalue weighted by atomic mass is 32.2. The van der Waals surface area contributed by atoms with E-state index in [1.807, 2.05) is 28.9 Å². The molecule has 0 bridgehead atoms. The van der Waals surface area contributed by atoms with E-state index in [0.29, 0.717) is 5.69 Å². The number of aromatic nitrogens is 3. The number of nitrogens with zero attached hydrogens (tertiary/aromatic N) is 3. The molecule has 4 rings (SSSR count). The van der Waals surface area contributed by atoms with E-state index in [1.54, 1.807) is 6.20 Å². The van der Waals surface area contributed by atoms with E-state index in [9.17, 15) is 17.2 Å². The molecule has 1 fully saturated rings. The number of benzene rings is 1. The maximum Gasteiger partial charge on any atom is 0.216 e. The topological polar surface area (TPSA) is 76.9 Å². The molecule has 9 heteroatoms. The van der Waals surface area contributed by atoms with E-state index in [1.165, 1.54) is 0 Å². The molecule has 2 aromatic heterocycles. The van der Waals surface area contributed by atoms with Crippen molar-refractivity contribution in [2.24, 2.45) is 0 Å². The number of sulfonamides is 1. The van der Waals surface area contributed by atoms with Gasteiger partial charge in [-0.15, -0.1) is 0 Å². The molecule has 6 nitrogen and oxygen atoms in total. The highest BCUT2D eigenvalue weighted by Gasteiger charge is 2.23. The van der Waals surface area contributed by atoms with Gasteiger partial charge in [0, 0.05) is 11.8 Å². The molecule has 1 aromatic carbocycles. The van der Waals surface area contributed by atoms with Crippen LogP contribution in [-0.4, -0.2) is 23.2 Å². The van der Waals surface area contributed by atoms with Gasteiger partial charge in [-0.25, -0.2) is 21.9 Å². The predicted octanol–water partition coefficient (Wildman–Crippen LogP) is 3.96. The van der Waals surface area contributed by atoms with E-state index in [-0.39, 0.29) is 18.2 Å². The first-order valence-corrected chi connectivity index (χ1v) is 11.5. The molecule has 0 aliphatic heterocycles. The second-order valence-electron chi connectivity index (χ2n) is 7.43. The highest BCUT2D eigenvalue weighted by molar-refractivity contribution is 7.88. The Morgan fingerprint density at radius 3 is 2.63 bits per heavy atom. The third kappa shape index (κ3) is 4.73. The van der Waals surface area contributed by atoms with Gasteiger partial charge in [0.15, 0.2) is 0 Å². The second kappa shape index (κ2) is 8.61. The molecule has 2 heterocycles. The lowest BCUT2D eigenvalue weighted by molar-refractivity contribution is 0.466. The average molecular weight is 432 g/mol. The monoisotopic (exact) mass is 432 g/mol. The summed E-state index contributed by atoms with van der Waals surface area (Å²) in [6.45, 7) is -0.0428. The Morgan fingerprint density at radius 2 is 1.90 bits per heavy atom. The molecular weight excluding hydrogens is 410 g/mol. The van der Waals surface area contributed by atoms with Crippen LogP contribution in [0.15, 0.2) is 48.7 Å². The zero-order chi connectivity index (χ0) is 21.1. The zero-order valence-electron chi connectivity index (χ0n) is 16.3. The number of pyridine rings is 1. The first-order valence-electron chi connectivity index (χ1n) is 9.82.